The second-order valence-electron chi connectivity index (χ2n) is 3.40. The fraction of sp³-hybridized carbons (Fsp3) is 1.00. The molecule has 64 valence electrons. The average molecular weight is 284 g/mol. The smallest absolute Gasteiger partial charge is 0.0842 e. The van der Waals surface area contributed by atoms with Crippen LogP contribution in [0.4, 0.5) is 0 Å². The van der Waals surface area contributed by atoms with Gasteiger partial charge in [-0.1, -0.05) is 31.9 Å². The van der Waals surface area contributed by atoms with Crippen molar-refractivity contribution in [2.75, 3.05) is 0 Å². The van der Waals surface area contributed by atoms with E-state index in [1.54, 1.807) is 0 Å². The van der Waals surface area contributed by atoms with Gasteiger partial charge in [-0.05, 0) is 25.7 Å². The van der Waals surface area contributed by atoms with Crippen molar-refractivity contribution >= 4 is 31.9 Å². The third kappa shape index (κ3) is 1.99. The first-order chi connectivity index (χ1) is 5.27. The Bertz CT molecular complexity index is 135. The van der Waals surface area contributed by atoms with E-state index in [-0.39, 0.29) is 0 Å². The molecule has 4 atom stereocenters. The van der Waals surface area contributed by atoms with Crippen LogP contribution in [0, 0.1) is 0 Å². The second-order valence-corrected chi connectivity index (χ2v) is 5.75. The van der Waals surface area contributed by atoms with Crippen LogP contribution in [0.15, 0.2) is 0 Å². The molecule has 0 aromatic heterocycles. The third-order valence-corrected chi connectivity index (χ3v) is 5.44. The molecule has 2 aliphatic rings. The first kappa shape index (κ1) is 8.52. The molecule has 0 unspecified atom stereocenters. The van der Waals surface area contributed by atoms with E-state index in [2.05, 4.69) is 31.9 Å². The van der Waals surface area contributed by atoms with Gasteiger partial charge in [-0.25, -0.2) is 0 Å². The van der Waals surface area contributed by atoms with Gasteiger partial charge >= 0.3 is 0 Å². The van der Waals surface area contributed by atoms with E-state index >= 15 is 0 Å². The Morgan fingerprint density at radius 3 is 1.73 bits per heavy atom. The number of epoxide rings is 1. The summed E-state index contributed by atoms with van der Waals surface area (Å²) in [7, 11) is 0. The van der Waals surface area contributed by atoms with E-state index in [0.29, 0.717) is 21.9 Å². The summed E-state index contributed by atoms with van der Waals surface area (Å²) >= 11 is 7.36. The molecule has 0 radical (unpaired) electrons. The second kappa shape index (κ2) is 3.35. The van der Waals surface area contributed by atoms with Gasteiger partial charge in [0.2, 0.25) is 0 Å². The van der Waals surface area contributed by atoms with Gasteiger partial charge < -0.3 is 4.74 Å². The Balaban J connectivity index is 1.89. The minimum Gasteiger partial charge on any atom is -0.370 e. The van der Waals surface area contributed by atoms with E-state index in [9.17, 15) is 0 Å². The first-order valence-corrected chi connectivity index (χ1v) is 6.04. The molecule has 0 aromatic carbocycles. The lowest BCUT2D eigenvalue weighted by molar-refractivity contribution is 0.358. The average Bonchev–Trinajstić information content (AvgIpc) is 2.72. The summed E-state index contributed by atoms with van der Waals surface area (Å²) in [5.41, 5.74) is 0. The molecule has 1 aliphatic carbocycles. The van der Waals surface area contributed by atoms with Crippen LogP contribution in [0.2, 0.25) is 0 Å². The Labute approximate surface area is 84.1 Å². The molecule has 2 rings (SSSR count). The summed E-state index contributed by atoms with van der Waals surface area (Å²) in [5.74, 6) is 0. The fourth-order valence-corrected chi connectivity index (χ4v) is 2.75. The van der Waals surface area contributed by atoms with E-state index in [0.717, 1.165) is 0 Å². The zero-order valence-corrected chi connectivity index (χ0v) is 9.47. The van der Waals surface area contributed by atoms with Crippen LogP contribution >= 0.6 is 31.9 Å². The highest BCUT2D eigenvalue weighted by molar-refractivity contribution is 9.12. The standard InChI is InChI=1S/C8H12Br2O/c9-5-1-3-7-8(11-7)4-2-6(5)10/h5-8H,1-4H2/t5-,6+,7-,8-/m0/s1. The summed E-state index contributed by atoms with van der Waals surface area (Å²) in [6.07, 6.45) is 6.18. The Kier molecular flexibility index (Phi) is 2.59. The van der Waals surface area contributed by atoms with Crippen molar-refractivity contribution in [3.8, 4) is 0 Å². The summed E-state index contributed by atoms with van der Waals surface area (Å²) < 4.78 is 5.49. The Morgan fingerprint density at radius 2 is 1.27 bits per heavy atom. The van der Waals surface area contributed by atoms with Crippen LogP contribution < -0.4 is 0 Å². The van der Waals surface area contributed by atoms with Crippen molar-refractivity contribution in [1.82, 2.24) is 0 Å². The van der Waals surface area contributed by atoms with Crippen LogP contribution in [0.3, 0.4) is 0 Å². The van der Waals surface area contributed by atoms with E-state index < -0.39 is 0 Å². The minimum absolute atomic E-state index is 0.607. The molecule has 2 fully saturated rings. The normalized spacial score (nSPS) is 50.7. The minimum atomic E-state index is 0.607. The van der Waals surface area contributed by atoms with Gasteiger partial charge in [-0.15, -0.1) is 0 Å². The maximum atomic E-state index is 5.49. The highest BCUT2D eigenvalue weighted by atomic mass is 79.9. The molecule has 3 heteroatoms. The summed E-state index contributed by atoms with van der Waals surface area (Å²) in [5, 5.41) is 0. The highest BCUT2D eigenvalue weighted by Gasteiger charge is 2.40. The zero-order chi connectivity index (χ0) is 7.84. The summed E-state index contributed by atoms with van der Waals surface area (Å²) in [6, 6.07) is 0. The predicted molar refractivity (Wildman–Crippen MR) is 52.6 cm³/mol. The van der Waals surface area contributed by atoms with Crippen molar-refractivity contribution < 1.29 is 4.74 Å². The Hall–Kier alpha value is 0.920. The van der Waals surface area contributed by atoms with Crippen molar-refractivity contribution in [1.29, 1.82) is 0 Å². The van der Waals surface area contributed by atoms with E-state index in [1.165, 1.54) is 25.7 Å². The monoisotopic (exact) mass is 282 g/mol. The summed E-state index contributed by atoms with van der Waals surface area (Å²) in [6.45, 7) is 0. The number of halogens is 2. The molecular formula is C8H12Br2O. The number of rotatable bonds is 0. The van der Waals surface area contributed by atoms with Gasteiger partial charge in [-0.2, -0.15) is 0 Å². The maximum Gasteiger partial charge on any atom is 0.0842 e. The van der Waals surface area contributed by atoms with Crippen molar-refractivity contribution in [2.45, 2.75) is 47.5 Å². The van der Waals surface area contributed by atoms with Gasteiger partial charge in [0.15, 0.2) is 0 Å². The number of alkyl halides is 2. The van der Waals surface area contributed by atoms with Gasteiger partial charge in [0.1, 0.15) is 0 Å². The molecule has 1 nitrogen and oxygen atoms in total. The SMILES string of the molecule is Br[C@@H]1CC[C@@H]2O[C@H]2CC[C@@H]1Br. The van der Waals surface area contributed by atoms with Crippen LogP contribution in [0.5, 0.6) is 0 Å². The molecule has 1 aliphatic heterocycles. The topological polar surface area (TPSA) is 12.5 Å². The lowest BCUT2D eigenvalue weighted by Crippen LogP contribution is -2.18. The molecule has 1 saturated heterocycles. The van der Waals surface area contributed by atoms with Crippen molar-refractivity contribution in [3.05, 3.63) is 0 Å². The number of fused-ring (bicyclic) bond motifs is 1. The number of hydrogen-bond donors (Lipinski definition) is 0. The molecule has 0 spiro atoms. The van der Waals surface area contributed by atoms with Crippen molar-refractivity contribution in [2.24, 2.45) is 0 Å². The number of ether oxygens (including phenoxy) is 1. The highest BCUT2D eigenvalue weighted by Crippen LogP contribution is 2.37. The lowest BCUT2D eigenvalue weighted by atomic mass is 10.0. The third-order valence-electron chi connectivity index (χ3n) is 2.53. The maximum absolute atomic E-state index is 5.49. The molecule has 1 heterocycles. The van der Waals surface area contributed by atoms with Gasteiger partial charge in [-0.3, -0.25) is 0 Å². The lowest BCUT2D eigenvalue weighted by Gasteiger charge is -2.17. The fourth-order valence-electron chi connectivity index (χ4n) is 1.70. The summed E-state index contributed by atoms with van der Waals surface area (Å²) in [4.78, 5) is 1.29. The van der Waals surface area contributed by atoms with Crippen LogP contribution in [-0.4, -0.2) is 21.9 Å². The number of hydrogen-bond acceptors (Lipinski definition) is 1. The van der Waals surface area contributed by atoms with Gasteiger partial charge in [0, 0.05) is 9.65 Å². The molecule has 1 saturated carbocycles. The first-order valence-electron chi connectivity index (χ1n) is 4.21. The zero-order valence-electron chi connectivity index (χ0n) is 6.30. The molecule has 0 aromatic rings. The van der Waals surface area contributed by atoms with Gasteiger partial charge in [0.25, 0.3) is 0 Å². The molecule has 11 heavy (non-hydrogen) atoms. The van der Waals surface area contributed by atoms with Gasteiger partial charge in [0.05, 0.1) is 12.2 Å². The quantitative estimate of drug-likeness (QED) is 0.492. The van der Waals surface area contributed by atoms with E-state index in [1.807, 2.05) is 0 Å². The molecule has 0 N–H and O–H groups in total. The van der Waals surface area contributed by atoms with E-state index in [4.69, 9.17) is 4.74 Å². The predicted octanol–water partition coefficient (Wildman–Crippen LogP) is 2.85. The Morgan fingerprint density at radius 1 is 0.818 bits per heavy atom. The van der Waals surface area contributed by atoms with Crippen LogP contribution in [-0.2, 0) is 4.74 Å². The molecule has 0 amide bonds. The van der Waals surface area contributed by atoms with Crippen molar-refractivity contribution in [3.63, 3.8) is 0 Å². The van der Waals surface area contributed by atoms with Crippen LogP contribution in [0.25, 0.3) is 0 Å². The van der Waals surface area contributed by atoms with Crippen LogP contribution in [0.1, 0.15) is 25.7 Å². The molecular weight excluding hydrogens is 272 g/mol. The largest absolute Gasteiger partial charge is 0.370 e. The molecule has 0 bridgehead atoms.